The summed E-state index contributed by atoms with van der Waals surface area (Å²) in [4.78, 5) is 30.8. The maximum Gasteiger partial charge on any atom is 0.378 e. The zero-order chi connectivity index (χ0) is 40.8. The van der Waals surface area contributed by atoms with Crippen molar-refractivity contribution in [2.75, 3.05) is 22.9 Å². The lowest BCUT2D eigenvalue weighted by molar-refractivity contribution is -0.134. The Kier molecular flexibility index (Phi) is 41.9. The molecule has 49 heavy (non-hydrogen) atoms. The van der Waals surface area contributed by atoms with Crippen LogP contribution in [0.15, 0.2) is 0 Å². The van der Waals surface area contributed by atoms with Crippen LogP contribution in [0.1, 0.15) is 102 Å². The summed E-state index contributed by atoms with van der Waals surface area (Å²) < 4.78 is 70.4. The maximum absolute atomic E-state index is 10.7. The highest BCUT2D eigenvalue weighted by Crippen LogP contribution is 2.02. The van der Waals surface area contributed by atoms with Crippen LogP contribution >= 0.6 is 0 Å². The molecule has 0 rings (SSSR count). The third-order valence-corrected chi connectivity index (χ3v) is 8.45. The molecule has 0 aromatic heterocycles. The van der Waals surface area contributed by atoms with Crippen LogP contribution in [0.3, 0.4) is 0 Å². The van der Waals surface area contributed by atoms with E-state index in [1.807, 2.05) is 69.2 Å². The van der Waals surface area contributed by atoms with E-state index in [1.165, 1.54) is 0 Å². The molecule has 0 unspecified atom stereocenters. The van der Waals surface area contributed by atoms with Gasteiger partial charge >= 0.3 is 16.1 Å². The highest BCUT2D eigenvalue weighted by Gasteiger charge is 2.10. The minimum Gasteiger partial charge on any atom is -0.543 e. The zero-order valence-corrected chi connectivity index (χ0v) is 34.3. The van der Waals surface area contributed by atoms with E-state index in [0.29, 0.717) is 37.0 Å². The lowest BCUT2D eigenvalue weighted by Crippen LogP contribution is -2.14. The van der Waals surface area contributed by atoms with Crippen molar-refractivity contribution in [1.29, 1.82) is 0 Å². The summed E-state index contributed by atoms with van der Waals surface area (Å²) >= 11 is 0. The van der Waals surface area contributed by atoms with Crippen LogP contribution in [-0.2, 0) is 52.8 Å². The highest BCUT2D eigenvalue weighted by molar-refractivity contribution is 8.12. The molecule has 276 valence electrons. The SMILES string of the molecule is [B]C(=O)CC(C)C.[B]CC(=O)CC(C)C.[B]CS(=O)(=O)CC(C)C.[B]OC(=O)CC(C)C.[B]OS(=O)(=O)CC(C)C.[B]S(=O)(=O)CC(C)C. The number of carbonyl (C=O) groups is 3. The first-order valence-corrected chi connectivity index (χ1v) is 20.9. The Hall–Kier alpha value is -0.990. The monoisotopic (exact) mass is 744 g/mol. The van der Waals surface area contributed by atoms with Gasteiger partial charge in [0, 0.05) is 24.2 Å². The second-order valence-electron chi connectivity index (χ2n) is 13.4. The van der Waals surface area contributed by atoms with Gasteiger partial charge in [0.05, 0.1) is 42.6 Å². The third-order valence-electron chi connectivity index (χ3n) is 4.27. The van der Waals surface area contributed by atoms with Gasteiger partial charge in [-0.3, -0.25) is 4.79 Å². The number of carbonyl (C=O) groups excluding carboxylic acids is 3. The third kappa shape index (κ3) is 73.4. The molecule has 0 atom stereocenters. The van der Waals surface area contributed by atoms with Gasteiger partial charge in [-0.25, -0.2) is 25.3 Å². The fraction of sp³-hybridized carbons (Fsp3) is 0.897. The zero-order valence-electron chi connectivity index (χ0n) is 31.8. The Morgan fingerprint density at radius 1 is 0.571 bits per heavy atom. The summed E-state index contributed by atoms with van der Waals surface area (Å²) in [6.07, 6.45) is 1.71. The van der Waals surface area contributed by atoms with E-state index in [0.717, 1.165) is 0 Å². The van der Waals surface area contributed by atoms with E-state index in [2.05, 4.69) is 24.9 Å². The molecule has 0 spiro atoms. The average Bonchev–Trinajstić information content (AvgIpc) is 2.86. The van der Waals surface area contributed by atoms with Crippen molar-refractivity contribution in [2.45, 2.75) is 109 Å². The number of rotatable bonds is 15. The van der Waals surface area contributed by atoms with Gasteiger partial charge < -0.3 is 18.3 Å². The van der Waals surface area contributed by atoms with E-state index in [1.54, 1.807) is 13.8 Å². The molecule has 0 N–H and O–H groups in total. The van der Waals surface area contributed by atoms with Gasteiger partial charge in [-0.05, 0) is 48.2 Å². The van der Waals surface area contributed by atoms with Crippen molar-refractivity contribution >= 4 is 93.8 Å². The quantitative estimate of drug-likeness (QED) is 0.226. The van der Waals surface area contributed by atoms with Crippen molar-refractivity contribution in [3.8, 4) is 0 Å². The molecule has 0 aliphatic heterocycles. The predicted octanol–water partition coefficient (Wildman–Crippen LogP) is 2.97. The second-order valence-corrected chi connectivity index (χ2v) is 18.9. The smallest absolute Gasteiger partial charge is 0.378 e. The van der Waals surface area contributed by atoms with Crippen LogP contribution in [-0.4, -0.2) is 112 Å². The number of hydrogen-bond acceptors (Lipinski definition) is 11. The summed E-state index contributed by atoms with van der Waals surface area (Å²) in [5.41, 5.74) is -0.444. The summed E-state index contributed by atoms with van der Waals surface area (Å²) in [7, 11) is 19.0. The highest BCUT2D eigenvalue weighted by atomic mass is 32.2. The Bertz CT molecular complexity index is 1100. The molecule has 0 saturated carbocycles. The molecular weight excluding hydrogens is 685 g/mol. The number of hydrogen-bond donors (Lipinski definition) is 0. The Morgan fingerprint density at radius 3 is 1.02 bits per heavy atom. The Balaban J connectivity index is -0.000000113. The van der Waals surface area contributed by atoms with E-state index in [4.69, 9.17) is 30.7 Å². The van der Waals surface area contributed by atoms with Gasteiger partial charge in [-0.2, -0.15) is 0 Å². The van der Waals surface area contributed by atoms with E-state index in [9.17, 15) is 39.6 Å². The lowest BCUT2D eigenvalue weighted by Gasteiger charge is -2.02. The largest absolute Gasteiger partial charge is 0.543 e. The Morgan fingerprint density at radius 2 is 0.939 bits per heavy atom. The molecule has 0 heterocycles. The molecule has 0 saturated heterocycles. The van der Waals surface area contributed by atoms with Crippen LogP contribution < -0.4 is 0 Å². The van der Waals surface area contributed by atoms with Crippen LogP contribution in [0.25, 0.3) is 0 Å². The van der Waals surface area contributed by atoms with Gasteiger partial charge in [0.25, 0.3) is 23.2 Å². The maximum atomic E-state index is 10.7. The molecule has 0 aromatic carbocycles. The van der Waals surface area contributed by atoms with Crippen LogP contribution in [0.5, 0.6) is 0 Å². The molecule has 11 nitrogen and oxygen atoms in total. The van der Waals surface area contributed by atoms with Crippen molar-refractivity contribution < 1.29 is 48.4 Å². The van der Waals surface area contributed by atoms with Gasteiger partial charge in [0.15, 0.2) is 7.85 Å². The van der Waals surface area contributed by atoms with Crippen molar-refractivity contribution in [3.05, 3.63) is 0 Å². The molecule has 0 fully saturated rings. The lowest BCUT2D eigenvalue weighted by atomic mass is 9.94. The van der Waals surface area contributed by atoms with Crippen molar-refractivity contribution in [3.63, 3.8) is 0 Å². The average molecular weight is 744 g/mol. The standard InChI is InChI=1S/C6H11BO.C5H11BO2S.C5H9BO2.C5H9BO.C4H9BO3S.C4H9BO2S/c1-5(2)3-6(8)4-7;1-5(2)3-9(7,8)4-6;1-4(2)3-5(7)8-6;1-4(2)3-5(6)7;1-4(2)3-9(6,7)8-5;1-4(2)3-8(5,6)7/h5H,3-4H2,1-2H3;5H,3-4H2,1-2H3;4H,3H2,1-2H3;4H,3H2,1-2H3;4H,3H2,1-2H3;4H,3H2,1-2H3. The molecule has 0 aliphatic carbocycles. The molecule has 0 amide bonds. The number of sulfone groups is 1. The summed E-state index contributed by atoms with van der Waals surface area (Å²) in [5.74, 6) is 1.59. The topological polar surface area (TPSA) is 172 Å². The van der Waals surface area contributed by atoms with Crippen LogP contribution in [0.4, 0.5) is 0 Å². The minimum atomic E-state index is -3.44. The number of Topliss-reactive ketones (excluding diaryl/α,β-unsaturated/α-hetero) is 1. The van der Waals surface area contributed by atoms with Gasteiger partial charge in [-0.1, -0.05) is 83.1 Å². The molecule has 0 aromatic rings. The molecule has 0 bridgehead atoms. The van der Waals surface area contributed by atoms with Crippen LogP contribution in [0.2, 0.25) is 6.32 Å². The van der Waals surface area contributed by atoms with E-state index >= 15 is 0 Å². The van der Waals surface area contributed by atoms with Crippen molar-refractivity contribution in [2.24, 2.45) is 35.5 Å². The summed E-state index contributed by atoms with van der Waals surface area (Å²) in [6, 6.07) is 0. The van der Waals surface area contributed by atoms with Gasteiger partial charge in [0.2, 0.25) is 0 Å². The molecule has 20 heteroatoms. The molecular formula is C29H58B6O11S3. The van der Waals surface area contributed by atoms with Gasteiger partial charge in [-0.15, -0.1) is 0 Å². The minimum absolute atomic E-state index is 0.0243. The first-order chi connectivity index (χ1) is 21.8. The van der Waals surface area contributed by atoms with Crippen LogP contribution in [0, 0.1) is 35.5 Å². The first-order valence-electron chi connectivity index (χ1n) is 15.7. The fourth-order valence-electron chi connectivity index (χ4n) is 2.81. The van der Waals surface area contributed by atoms with E-state index < -0.39 is 29.6 Å². The number of ketones is 1. The predicted molar refractivity (Wildman–Crippen MR) is 206 cm³/mol. The fourth-order valence-corrected chi connectivity index (χ4v) is 5.79. The summed E-state index contributed by atoms with van der Waals surface area (Å²) in [6.45, 7) is 22.7. The molecule has 0 aliphatic rings. The summed E-state index contributed by atoms with van der Waals surface area (Å²) in [5, 5.41) is 0. The first kappa shape index (κ1) is 60.1. The van der Waals surface area contributed by atoms with Crippen molar-refractivity contribution in [1.82, 2.24) is 0 Å². The molecule has 12 radical (unpaired) electrons. The normalized spacial score (nSPS) is 11.1. The second kappa shape index (κ2) is 34.1. The Labute approximate surface area is 308 Å². The van der Waals surface area contributed by atoms with Gasteiger partial charge in [0.1, 0.15) is 15.6 Å². The van der Waals surface area contributed by atoms with E-state index in [-0.39, 0.29) is 64.4 Å².